The van der Waals surface area contributed by atoms with Gasteiger partial charge in [-0.2, -0.15) is 0 Å². The molecule has 1 amide bonds. The predicted octanol–water partition coefficient (Wildman–Crippen LogP) is 2.62. The van der Waals surface area contributed by atoms with Crippen LogP contribution in [-0.2, 0) is 4.79 Å². The number of carbonyl (C=O) groups is 1. The molecular weight excluding hydrogens is 297 g/mol. The molecule has 0 aliphatic carbocycles. The molecule has 6 heteroatoms. The van der Waals surface area contributed by atoms with Gasteiger partial charge in [-0.3, -0.25) is 9.69 Å². The van der Waals surface area contributed by atoms with Gasteiger partial charge in [-0.25, -0.2) is 0 Å². The van der Waals surface area contributed by atoms with Gasteiger partial charge in [-0.05, 0) is 32.0 Å². The van der Waals surface area contributed by atoms with E-state index in [4.69, 9.17) is 23.2 Å². The molecule has 0 aromatic heterocycles. The van der Waals surface area contributed by atoms with E-state index in [1.807, 2.05) is 7.05 Å². The van der Waals surface area contributed by atoms with Gasteiger partial charge in [0.25, 0.3) is 0 Å². The second-order valence-corrected chi connectivity index (χ2v) is 5.77. The fourth-order valence-electron chi connectivity index (χ4n) is 2.37. The minimum atomic E-state index is -0.0583. The largest absolute Gasteiger partial charge is 0.324 e. The lowest BCUT2D eigenvalue weighted by atomic mass is 10.1. The standard InChI is InChI=1S/C14H19Cl2N3O/c1-17-10-5-7-19(8-6-10)9-13(20)18-12-4-2-3-11(15)14(12)16/h2-4,10,17H,5-9H2,1H3,(H,18,20). The van der Waals surface area contributed by atoms with Crippen LogP contribution in [0.15, 0.2) is 18.2 Å². The van der Waals surface area contributed by atoms with E-state index < -0.39 is 0 Å². The smallest absolute Gasteiger partial charge is 0.238 e. The Labute approximate surface area is 129 Å². The molecule has 1 heterocycles. The summed E-state index contributed by atoms with van der Waals surface area (Å²) in [6, 6.07) is 5.78. The van der Waals surface area contributed by atoms with Crippen molar-refractivity contribution in [1.29, 1.82) is 0 Å². The van der Waals surface area contributed by atoms with Crippen LogP contribution in [0.2, 0.25) is 10.0 Å². The molecule has 0 unspecified atom stereocenters. The van der Waals surface area contributed by atoms with Gasteiger partial charge in [-0.1, -0.05) is 29.3 Å². The zero-order valence-electron chi connectivity index (χ0n) is 11.5. The van der Waals surface area contributed by atoms with E-state index in [2.05, 4.69) is 15.5 Å². The third kappa shape index (κ3) is 4.09. The number of benzene rings is 1. The maximum Gasteiger partial charge on any atom is 0.238 e. The third-order valence-electron chi connectivity index (χ3n) is 3.59. The highest BCUT2D eigenvalue weighted by molar-refractivity contribution is 6.43. The molecule has 0 bridgehead atoms. The number of likely N-dealkylation sites (tertiary alicyclic amines) is 1. The van der Waals surface area contributed by atoms with Crippen molar-refractivity contribution in [2.24, 2.45) is 0 Å². The summed E-state index contributed by atoms with van der Waals surface area (Å²) >= 11 is 12.0. The van der Waals surface area contributed by atoms with Gasteiger partial charge in [0, 0.05) is 19.1 Å². The van der Waals surface area contributed by atoms with Crippen LogP contribution in [0.3, 0.4) is 0 Å². The van der Waals surface area contributed by atoms with Gasteiger partial charge in [0.2, 0.25) is 5.91 Å². The van der Waals surface area contributed by atoms with Crippen molar-refractivity contribution in [1.82, 2.24) is 10.2 Å². The summed E-state index contributed by atoms with van der Waals surface area (Å²) in [6.07, 6.45) is 2.14. The van der Waals surface area contributed by atoms with Crippen LogP contribution in [0.4, 0.5) is 5.69 Å². The SMILES string of the molecule is CNC1CCN(CC(=O)Nc2cccc(Cl)c2Cl)CC1. The number of carbonyl (C=O) groups excluding carboxylic acids is 1. The Morgan fingerprint density at radius 1 is 1.35 bits per heavy atom. The van der Waals surface area contributed by atoms with Crippen LogP contribution < -0.4 is 10.6 Å². The first-order valence-corrected chi connectivity index (χ1v) is 7.49. The van der Waals surface area contributed by atoms with Crippen molar-refractivity contribution in [2.45, 2.75) is 18.9 Å². The van der Waals surface area contributed by atoms with Crippen LogP contribution in [0.5, 0.6) is 0 Å². The van der Waals surface area contributed by atoms with Crippen LogP contribution in [-0.4, -0.2) is 43.5 Å². The zero-order chi connectivity index (χ0) is 14.5. The molecule has 4 nitrogen and oxygen atoms in total. The summed E-state index contributed by atoms with van der Waals surface area (Å²) in [6.45, 7) is 2.25. The lowest BCUT2D eigenvalue weighted by molar-refractivity contribution is -0.117. The number of rotatable bonds is 4. The van der Waals surface area contributed by atoms with Crippen molar-refractivity contribution in [3.63, 3.8) is 0 Å². The molecule has 1 saturated heterocycles. The monoisotopic (exact) mass is 315 g/mol. The summed E-state index contributed by atoms with van der Waals surface area (Å²) in [5, 5.41) is 6.91. The summed E-state index contributed by atoms with van der Waals surface area (Å²) in [5.74, 6) is -0.0583. The van der Waals surface area contributed by atoms with Gasteiger partial charge >= 0.3 is 0 Å². The van der Waals surface area contributed by atoms with E-state index in [-0.39, 0.29) is 5.91 Å². The Hall–Kier alpha value is -0.810. The number of piperidine rings is 1. The van der Waals surface area contributed by atoms with E-state index >= 15 is 0 Å². The van der Waals surface area contributed by atoms with Crippen LogP contribution >= 0.6 is 23.2 Å². The van der Waals surface area contributed by atoms with Gasteiger partial charge in [-0.15, -0.1) is 0 Å². The molecule has 1 aromatic rings. The summed E-state index contributed by atoms with van der Waals surface area (Å²) in [4.78, 5) is 14.2. The van der Waals surface area contributed by atoms with Gasteiger partial charge in [0.1, 0.15) is 0 Å². The predicted molar refractivity (Wildman–Crippen MR) is 83.6 cm³/mol. The van der Waals surface area contributed by atoms with Gasteiger partial charge < -0.3 is 10.6 Å². The number of hydrogen-bond donors (Lipinski definition) is 2. The molecule has 2 N–H and O–H groups in total. The molecule has 1 aliphatic rings. The molecule has 110 valence electrons. The van der Waals surface area contributed by atoms with Gasteiger partial charge in [0.15, 0.2) is 0 Å². The highest BCUT2D eigenvalue weighted by Crippen LogP contribution is 2.29. The first kappa shape index (κ1) is 15.6. The van der Waals surface area contributed by atoms with E-state index in [9.17, 15) is 4.79 Å². The Morgan fingerprint density at radius 3 is 2.70 bits per heavy atom. The van der Waals surface area contributed by atoms with Crippen LogP contribution in [0, 0.1) is 0 Å². The summed E-state index contributed by atoms with van der Waals surface area (Å²) in [7, 11) is 1.98. The fourth-order valence-corrected chi connectivity index (χ4v) is 2.72. The van der Waals surface area contributed by atoms with Crippen LogP contribution in [0.1, 0.15) is 12.8 Å². The highest BCUT2D eigenvalue weighted by atomic mass is 35.5. The maximum atomic E-state index is 12.0. The lowest BCUT2D eigenvalue weighted by Gasteiger charge is -2.31. The molecule has 0 saturated carbocycles. The molecule has 1 fully saturated rings. The average Bonchev–Trinajstić information content (AvgIpc) is 2.45. The summed E-state index contributed by atoms with van der Waals surface area (Å²) in [5.41, 5.74) is 0.564. The second-order valence-electron chi connectivity index (χ2n) is 4.99. The number of nitrogens with zero attached hydrogens (tertiary/aromatic N) is 1. The Kier molecular flexibility index (Phi) is 5.66. The normalized spacial score (nSPS) is 17.1. The van der Waals surface area contributed by atoms with E-state index in [1.165, 1.54) is 0 Å². The maximum absolute atomic E-state index is 12.0. The van der Waals surface area contributed by atoms with Crippen molar-refractivity contribution in [3.05, 3.63) is 28.2 Å². The number of halogens is 2. The Bertz CT molecular complexity index is 473. The second kappa shape index (κ2) is 7.27. The molecule has 1 aromatic carbocycles. The molecule has 1 aliphatic heterocycles. The topological polar surface area (TPSA) is 44.4 Å². The van der Waals surface area contributed by atoms with Crippen LogP contribution in [0.25, 0.3) is 0 Å². The Morgan fingerprint density at radius 2 is 2.05 bits per heavy atom. The van der Waals surface area contributed by atoms with E-state index in [0.29, 0.717) is 28.3 Å². The molecule has 20 heavy (non-hydrogen) atoms. The van der Waals surface area contributed by atoms with Crippen molar-refractivity contribution >= 4 is 34.8 Å². The average molecular weight is 316 g/mol. The zero-order valence-corrected chi connectivity index (χ0v) is 13.0. The minimum absolute atomic E-state index is 0.0583. The third-order valence-corrected chi connectivity index (χ3v) is 4.41. The number of nitrogens with one attached hydrogen (secondary N) is 2. The van der Waals surface area contributed by atoms with Crippen molar-refractivity contribution in [3.8, 4) is 0 Å². The lowest BCUT2D eigenvalue weighted by Crippen LogP contribution is -2.44. The first-order chi connectivity index (χ1) is 9.60. The highest BCUT2D eigenvalue weighted by Gasteiger charge is 2.19. The fraction of sp³-hybridized carbons (Fsp3) is 0.500. The number of anilines is 1. The van der Waals surface area contributed by atoms with Crippen molar-refractivity contribution in [2.75, 3.05) is 32.0 Å². The quantitative estimate of drug-likeness (QED) is 0.897. The Balaban J connectivity index is 1.85. The number of hydrogen-bond acceptors (Lipinski definition) is 3. The summed E-state index contributed by atoms with van der Waals surface area (Å²) < 4.78 is 0. The van der Waals surface area contributed by atoms with E-state index in [0.717, 1.165) is 25.9 Å². The minimum Gasteiger partial charge on any atom is -0.324 e. The van der Waals surface area contributed by atoms with Crippen molar-refractivity contribution < 1.29 is 4.79 Å². The van der Waals surface area contributed by atoms with Gasteiger partial charge in [0.05, 0.1) is 22.3 Å². The molecule has 0 spiro atoms. The first-order valence-electron chi connectivity index (χ1n) is 6.73. The number of amides is 1. The van der Waals surface area contributed by atoms with E-state index in [1.54, 1.807) is 18.2 Å². The molecular formula is C14H19Cl2N3O. The molecule has 2 rings (SSSR count). The molecule has 0 radical (unpaired) electrons. The molecule has 0 atom stereocenters.